The number of anilines is 1. The third-order valence-electron chi connectivity index (χ3n) is 3.49. The second kappa shape index (κ2) is 6.99. The van der Waals surface area contributed by atoms with Crippen molar-refractivity contribution in [2.75, 3.05) is 12.4 Å². The van der Waals surface area contributed by atoms with Gasteiger partial charge in [0.15, 0.2) is 0 Å². The summed E-state index contributed by atoms with van der Waals surface area (Å²) in [5.74, 6) is 0.961. The van der Waals surface area contributed by atoms with Crippen LogP contribution >= 0.6 is 0 Å². The quantitative estimate of drug-likeness (QED) is 0.844. The van der Waals surface area contributed by atoms with Crippen molar-refractivity contribution in [2.24, 2.45) is 0 Å². The number of hydrogen-bond acceptors (Lipinski definition) is 2. The molecule has 0 bridgehead atoms. The molecule has 0 saturated carbocycles. The summed E-state index contributed by atoms with van der Waals surface area (Å²) in [4.78, 5) is 0. The minimum atomic E-state index is 0.360. The predicted molar refractivity (Wildman–Crippen MR) is 85.6 cm³/mol. The van der Waals surface area contributed by atoms with Crippen molar-refractivity contribution in [2.45, 2.75) is 32.7 Å². The van der Waals surface area contributed by atoms with Crippen LogP contribution in [-0.4, -0.2) is 13.2 Å². The Morgan fingerprint density at radius 1 is 1.05 bits per heavy atom. The molecule has 0 aliphatic rings. The number of methoxy groups -OCH3 is 1. The first-order valence-corrected chi connectivity index (χ1v) is 7.20. The maximum absolute atomic E-state index is 5.40. The zero-order valence-corrected chi connectivity index (χ0v) is 12.5. The van der Waals surface area contributed by atoms with E-state index < -0.39 is 0 Å². The highest BCUT2D eigenvalue weighted by atomic mass is 16.5. The first-order valence-electron chi connectivity index (χ1n) is 7.20. The third kappa shape index (κ3) is 3.77. The zero-order valence-electron chi connectivity index (χ0n) is 12.5. The lowest BCUT2D eigenvalue weighted by molar-refractivity contribution is 0.409. The van der Waals surface area contributed by atoms with Gasteiger partial charge in [-0.3, -0.25) is 0 Å². The summed E-state index contributed by atoms with van der Waals surface area (Å²) in [5.41, 5.74) is 3.78. The molecule has 2 aromatic rings. The SMILES string of the molecule is CCc1ccc(NC(C)Cc2ccccc2OC)cc1. The van der Waals surface area contributed by atoms with Crippen molar-refractivity contribution < 1.29 is 4.74 Å². The fourth-order valence-electron chi connectivity index (χ4n) is 2.37. The molecule has 0 aliphatic heterocycles. The molecule has 2 aromatic carbocycles. The van der Waals surface area contributed by atoms with E-state index in [2.05, 4.69) is 55.6 Å². The number of hydrogen-bond donors (Lipinski definition) is 1. The van der Waals surface area contributed by atoms with Gasteiger partial charge < -0.3 is 10.1 Å². The van der Waals surface area contributed by atoms with E-state index >= 15 is 0 Å². The minimum Gasteiger partial charge on any atom is -0.496 e. The highest BCUT2D eigenvalue weighted by molar-refractivity contribution is 5.46. The number of aryl methyl sites for hydroxylation is 1. The summed E-state index contributed by atoms with van der Waals surface area (Å²) >= 11 is 0. The highest BCUT2D eigenvalue weighted by Crippen LogP contribution is 2.20. The fourth-order valence-corrected chi connectivity index (χ4v) is 2.37. The maximum atomic E-state index is 5.40. The Morgan fingerprint density at radius 3 is 2.40 bits per heavy atom. The Hall–Kier alpha value is -1.96. The van der Waals surface area contributed by atoms with Crippen LogP contribution in [0, 0.1) is 0 Å². The fraction of sp³-hybridized carbons (Fsp3) is 0.333. The monoisotopic (exact) mass is 269 g/mol. The van der Waals surface area contributed by atoms with Crippen LogP contribution in [0.4, 0.5) is 5.69 Å². The number of benzene rings is 2. The van der Waals surface area contributed by atoms with Crippen molar-refractivity contribution in [1.29, 1.82) is 0 Å². The van der Waals surface area contributed by atoms with E-state index in [-0.39, 0.29) is 0 Å². The normalized spacial score (nSPS) is 11.9. The molecule has 2 rings (SSSR count). The Bertz CT molecular complexity index is 533. The van der Waals surface area contributed by atoms with Gasteiger partial charge >= 0.3 is 0 Å². The summed E-state index contributed by atoms with van der Waals surface area (Å²) in [6.07, 6.45) is 2.02. The van der Waals surface area contributed by atoms with Gasteiger partial charge in [0.25, 0.3) is 0 Å². The molecule has 0 spiro atoms. The van der Waals surface area contributed by atoms with Crippen LogP contribution < -0.4 is 10.1 Å². The summed E-state index contributed by atoms with van der Waals surface area (Å²) in [5, 5.41) is 3.54. The van der Waals surface area contributed by atoms with Gasteiger partial charge in [0.1, 0.15) is 5.75 Å². The Balaban J connectivity index is 1.99. The summed E-state index contributed by atoms with van der Waals surface area (Å²) in [6.45, 7) is 4.37. The molecule has 0 aromatic heterocycles. The molecule has 0 amide bonds. The van der Waals surface area contributed by atoms with Crippen LogP contribution in [0.25, 0.3) is 0 Å². The van der Waals surface area contributed by atoms with E-state index in [0.717, 1.165) is 18.6 Å². The van der Waals surface area contributed by atoms with Crippen molar-refractivity contribution in [3.8, 4) is 5.75 Å². The lowest BCUT2D eigenvalue weighted by Gasteiger charge is -2.17. The molecule has 0 saturated heterocycles. The number of para-hydroxylation sites is 1. The molecule has 0 aliphatic carbocycles. The molecule has 1 unspecified atom stereocenters. The standard InChI is InChI=1S/C18H23NO/c1-4-15-9-11-17(12-10-15)19-14(2)13-16-7-5-6-8-18(16)20-3/h5-12,14,19H,4,13H2,1-3H3. The summed E-state index contributed by atoms with van der Waals surface area (Å²) in [6, 6.07) is 17.2. The van der Waals surface area contributed by atoms with E-state index in [1.165, 1.54) is 16.8 Å². The Kier molecular flexibility index (Phi) is 5.05. The van der Waals surface area contributed by atoms with Gasteiger partial charge in [0.2, 0.25) is 0 Å². The van der Waals surface area contributed by atoms with Gasteiger partial charge in [0, 0.05) is 11.7 Å². The first-order chi connectivity index (χ1) is 9.72. The molecular formula is C18H23NO. The topological polar surface area (TPSA) is 21.3 Å². The molecule has 0 radical (unpaired) electrons. The van der Waals surface area contributed by atoms with Crippen molar-refractivity contribution in [1.82, 2.24) is 0 Å². The van der Waals surface area contributed by atoms with Crippen LogP contribution in [0.15, 0.2) is 48.5 Å². The predicted octanol–water partition coefficient (Wildman–Crippen LogP) is 4.30. The second-order valence-electron chi connectivity index (χ2n) is 5.11. The summed E-state index contributed by atoms with van der Waals surface area (Å²) in [7, 11) is 1.72. The number of rotatable bonds is 6. The number of nitrogens with one attached hydrogen (secondary N) is 1. The summed E-state index contributed by atoms with van der Waals surface area (Å²) < 4.78 is 5.40. The molecule has 0 heterocycles. The van der Waals surface area contributed by atoms with Crippen LogP contribution in [0.5, 0.6) is 5.75 Å². The molecular weight excluding hydrogens is 246 g/mol. The van der Waals surface area contributed by atoms with Crippen LogP contribution in [0.2, 0.25) is 0 Å². The molecule has 1 atom stereocenters. The molecule has 2 nitrogen and oxygen atoms in total. The van der Waals surface area contributed by atoms with Gasteiger partial charge in [-0.2, -0.15) is 0 Å². The Morgan fingerprint density at radius 2 is 1.75 bits per heavy atom. The highest BCUT2D eigenvalue weighted by Gasteiger charge is 2.07. The van der Waals surface area contributed by atoms with Gasteiger partial charge in [-0.25, -0.2) is 0 Å². The largest absolute Gasteiger partial charge is 0.496 e. The lowest BCUT2D eigenvalue weighted by Crippen LogP contribution is -2.18. The van der Waals surface area contributed by atoms with E-state index in [1.807, 2.05) is 12.1 Å². The van der Waals surface area contributed by atoms with Crippen LogP contribution in [0.1, 0.15) is 25.0 Å². The molecule has 1 N–H and O–H groups in total. The number of ether oxygens (including phenoxy) is 1. The second-order valence-corrected chi connectivity index (χ2v) is 5.11. The van der Waals surface area contributed by atoms with Gasteiger partial charge in [-0.1, -0.05) is 37.3 Å². The molecule has 20 heavy (non-hydrogen) atoms. The van der Waals surface area contributed by atoms with Crippen molar-refractivity contribution in [3.63, 3.8) is 0 Å². The van der Waals surface area contributed by atoms with Crippen LogP contribution in [0.3, 0.4) is 0 Å². The van der Waals surface area contributed by atoms with E-state index in [4.69, 9.17) is 4.74 Å². The lowest BCUT2D eigenvalue weighted by atomic mass is 10.1. The third-order valence-corrected chi connectivity index (χ3v) is 3.49. The minimum absolute atomic E-state index is 0.360. The Labute approximate surface area is 121 Å². The molecule has 106 valence electrons. The van der Waals surface area contributed by atoms with E-state index in [0.29, 0.717) is 6.04 Å². The molecule has 2 heteroatoms. The van der Waals surface area contributed by atoms with Crippen molar-refractivity contribution in [3.05, 3.63) is 59.7 Å². The maximum Gasteiger partial charge on any atom is 0.122 e. The smallest absolute Gasteiger partial charge is 0.122 e. The average Bonchev–Trinajstić information content (AvgIpc) is 2.48. The average molecular weight is 269 g/mol. The van der Waals surface area contributed by atoms with Gasteiger partial charge in [0.05, 0.1) is 7.11 Å². The van der Waals surface area contributed by atoms with Gasteiger partial charge in [-0.05, 0) is 49.1 Å². The van der Waals surface area contributed by atoms with E-state index in [1.54, 1.807) is 7.11 Å². The zero-order chi connectivity index (χ0) is 14.4. The molecule has 0 fully saturated rings. The van der Waals surface area contributed by atoms with Crippen LogP contribution in [-0.2, 0) is 12.8 Å². The first kappa shape index (κ1) is 14.4. The van der Waals surface area contributed by atoms with Gasteiger partial charge in [-0.15, -0.1) is 0 Å². The van der Waals surface area contributed by atoms with Crippen molar-refractivity contribution >= 4 is 5.69 Å². The van der Waals surface area contributed by atoms with E-state index in [9.17, 15) is 0 Å².